The minimum Gasteiger partial charge on any atom is -0.341 e. The Balaban J connectivity index is 1.82. The Morgan fingerprint density at radius 2 is 2.00 bits per heavy atom. The lowest BCUT2D eigenvalue weighted by Gasteiger charge is -2.24. The standard InChI is InChI=1S/C16H24N4/c1-12(2)19-8-5-9-20(11-10-19)16-17-14-7-4-6-13(3)15(14)18-16/h4,6-7,12H,5,8-11H2,1-3H3,(H,17,18). The average Bonchev–Trinajstić information content (AvgIpc) is 2.70. The van der Waals surface area contributed by atoms with Crippen molar-refractivity contribution in [2.75, 3.05) is 31.1 Å². The summed E-state index contributed by atoms with van der Waals surface area (Å²) in [5.74, 6) is 1.03. The van der Waals surface area contributed by atoms with Gasteiger partial charge in [-0.25, -0.2) is 4.98 Å². The molecule has 1 aliphatic heterocycles. The topological polar surface area (TPSA) is 35.2 Å². The lowest BCUT2D eigenvalue weighted by Crippen LogP contribution is -2.35. The zero-order chi connectivity index (χ0) is 14.1. The molecule has 1 N–H and O–H groups in total. The van der Waals surface area contributed by atoms with Crippen molar-refractivity contribution in [2.24, 2.45) is 0 Å². The van der Waals surface area contributed by atoms with E-state index >= 15 is 0 Å². The van der Waals surface area contributed by atoms with E-state index in [1.807, 2.05) is 0 Å². The third-order valence-electron chi connectivity index (χ3n) is 4.26. The van der Waals surface area contributed by atoms with Crippen LogP contribution in [0.5, 0.6) is 0 Å². The Morgan fingerprint density at radius 3 is 2.75 bits per heavy atom. The lowest BCUT2D eigenvalue weighted by atomic mass is 10.2. The Labute approximate surface area is 120 Å². The molecule has 1 aromatic heterocycles. The number of para-hydroxylation sites is 1. The second-order valence-electron chi connectivity index (χ2n) is 6.00. The van der Waals surface area contributed by atoms with Gasteiger partial charge in [-0.2, -0.15) is 0 Å². The molecule has 1 fully saturated rings. The number of H-pyrrole nitrogens is 1. The molecule has 4 heteroatoms. The molecule has 0 saturated carbocycles. The Morgan fingerprint density at radius 1 is 1.15 bits per heavy atom. The van der Waals surface area contributed by atoms with Crippen LogP contribution < -0.4 is 4.90 Å². The van der Waals surface area contributed by atoms with Crippen LogP contribution in [0.3, 0.4) is 0 Å². The lowest BCUT2D eigenvalue weighted by molar-refractivity contribution is 0.238. The Hall–Kier alpha value is -1.55. The highest BCUT2D eigenvalue weighted by Gasteiger charge is 2.19. The van der Waals surface area contributed by atoms with Crippen LogP contribution in [-0.2, 0) is 0 Å². The summed E-state index contributed by atoms with van der Waals surface area (Å²) in [5, 5.41) is 0. The summed E-state index contributed by atoms with van der Waals surface area (Å²) in [4.78, 5) is 13.2. The predicted octanol–water partition coefficient (Wildman–Crippen LogP) is 2.79. The van der Waals surface area contributed by atoms with Gasteiger partial charge in [0.25, 0.3) is 0 Å². The van der Waals surface area contributed by atoms with E-state index in [2.05, 4.69) is 53.8 Å². The highest BCUT2D eigenvalue weighted by atomic mass is 15.3. The van der Waals surface area contributed by atoms with E-state index in [9.17, 15) is 0 Å². The molecule has 3 rings (SSSR count). The fourth-order valence-corrected chi connectivity index (χ4v) is 2.98. The number of nitrogens with one attached hydrogen (secondary N) is 1. The van der Waals surface area contributed by atoms with Crippen LogP contribution >= 0.6 is 0 Å². The van der Waals surface area contributed by atoms with Gasteiger partial charge in [-0.1, -0.05) is 12.1 Å². The molecule has 4 nitrogen and oxygen atoms in total. The van der Waals surface area contributed by atoms with E-state index in [0.717, 1.165) is 36.6 Å². The number of anilines is 1. The predicted molar refractivity (Wildman–Crippen MR) is 84.4 cm³/mol. The monoisotopic (exact) mass is 272 g/mol. The first-order valence-electron chi connectivity index (χ1n) is 7.59. The summed E-state index contributed by atoms with van der Waals surface area (Å²) in [5.41, 5.74) is 3.49. The molecule has 0 unspecified atom stereocenters. The molecule has 1 aliphatic rings. The number of aryl methyl sites for hydroxylation is 1. The van der Waals surface area contributed by atoms with Crippen molar-refractivity contribution in [3.8, 4) is 0 Å². The number of fused-ring (bicyclic) bond motifs is 1. The smallest absolute Gasteiger partial charge is 0.203 e. The Kier molecular flexibility index (Phi) is 3.66. The second-order valence-corrected chi connectivity index (χ2v) is 6.00. The molecule has 20 heavy (non-hydrogen) atoms. The number of benzene rings is 1. The van der Waals surface area contributed by atoms with Crippen molar-refractivity contribution in [2.45, 2.75) is 33.2 Å². The number of aromatic nitrogens is 2. The van der Waals surface area contributed by atoms with Gasteiger partial charge >= 0.3 is 0 Å². The largest absolute Gasteiger partial charge is 0.341 e. The molecule has 1 saturated heterocycles. The molecular weight excluding hydrogens is 248 g/mol. The van der Waals surface area contributed by atoms with E-state index < -0.39 is 0 Å². The maximum Gasteiger partial charge on any atom is 0.203 e. The minimum atomic E-state index is 0.632. The molecule has 0 amide bonds. The zero-order valence-corrected chi connectivity index (χ0v) is 12.7. The zero-order valence-electron chi connectivity index (χ0n) is 12.7. The molecule has 1 aromatic carbocycles. The third-order valence-corrected chi connectivity index (χ3v) is 4.26. The van der Waals surface area contributed by atoms with Gasteiger partial charge < -0.3 is 9.88 Å². The van der Waals surface area contributed by atoms with E-state index in [-0.39, 0.29) is 0 Å². The summed E-state index contributed by atoms with van der Waals surface area (Å²) in [6, 6.07) is 6.95. The van der Waals surface area contributed by atoms with Crippen molar-refractivity contribution >= 4 is 17.0 Å². The van der Waals surface area contributed by atoms with Gasteiger partial charge in [0.2, 0.25) is 5.95 Å². The first-order valence-corrected chi connectivity index (χ1v) is 7.59. The molecule has 0 bridgehead atoms. The first-order chi connectivity index (χ1) is 9.65. The van der Waals surface area contributed by atoms with Gasteiger partial charge in [0.15, 0.2) is 0 Å². The van der Waals surface area contributed by atoms with Crippen LogP contribution in [0.15, 0.2) is 18.2 Å². The number of imidazole rings is 1. The van der Waals surface area contributed by atoms with E-state index in [4.69, 9.17) is 4.98 Å². The normalized spacial score (nSPS) is 17.9. The van der Waals surface area contributed by atoms with Gasteiger partial charge in [-0.05, 0) is 38.8 Å². The van der Waals surface area contributed by atoms with Crippen LogP contribution in [0.4, 0.5) is 5.95 Å². The van der Waals surface area contributed by atoms with Crippen LogP contribution in [0.1, 0.15) is 25.8 Å². The number of hydrogen-bond acceptors (Lipinski definition) is 3. The molecule has 0 atom stereocenters. The SMILES string of the molecule is Cc1cccc2[nH]c(N3CCCN(C(C)C)CC3)nc12. The quantitative estimate of drug-likeness (QED) is 0.913. The van der Waals surface area contributed by atoms with Crippen LogP contribution in [0.2, 0.25) is 0 Å². The second kappa shape index (κ2) is 5.44. The Bertz CT molecular complexity index is 587. The summed E-state index contributed by atoms with van der Waals surface area (Å²) < 4.78 is 0. The maximum atomic E-state index is 4.80. The fourth-order valence-electron chi connectivity index (χ4n) is 2.98. The highest BCUT2D eigenvalue weighted by Crippen LogP contribution is 2.21. The van der Waals surface area contributed by atoms with Gasteiger partial charge in [0.1, 0.15) is 0 Å². The molecule has 2 heterocycles. The summed E-state index contributed by atoms with van der Waals surface area (Å²) in [6.07, 6.45) is 1.20. The average molecular weight is 272 g/mol. The maximum absolute atomic E-state index is 4.80. The van der Waals surface area contributed by atoms with Gasteiger partial charge in [0.05, 0.1) is 11.0 Å². The van der Waals surface area contributed by atoms with Crippen molar-refractivity contribution in [1.82, 2.24) is 14.9 Å². The minimum absolute atomic E-state index is 0.632. The summed E-state index contributed by atoms with van der Waals surface area (Å²) in [6.45, 7) is 11.1. The molecule has 0 aliphatic carbocycles. The van der Waals surface area contributed by atoms with Crippen molar-refractivity contribution in [1.29, 1.82) is 0 Å². The van der Waals surface area contributed by atoms with Crippen molar-refractivity contribution in [3.05, 3.63) is 23.8 Å². The first kappa shape index (κ1) is 13.4. The van der Waals surface area contributed by atoms with E-state index in [1.54, 1.807) is 0 Å². The third kappa shape index (κ3) is 2.52. The number of aromatic amines is 1. The summed E-state index contributed by atoms with van der Waals surface area (Å²) >= 11 is 0. The number of hydrogen-bond donors (Lipinski definition) is 1. The molecular formula is C16H24N4. The molecule has 0 radical (unpaired) electrons. The van der Waals surface area contributed by atoms with Crippen LogP contribution in [-0.4, -0.2) is 47.1 Å². The van der Waals surface area contributed by atoms with Crippen LogP contribution in [0, 0.1) is 6.92 Å². The highest BCUT2D eigenvalue weighted by molar-refractivity contribution is 5.80. The molecule has 108 valence electrons. The number of nitrogens with zero attached hydrogens (tertiary/aromatic N) is 3. The van der Waals surface area contributed by atoms with E-state index in [1.165, 1.54) is 18.5 Å². The fraction of sp³-hybridized carbons (Fsp3) is 0.562. The van der Waals surface area contributed by atoms with Gasteiger partial charge in [0, 0.05) is 32.2 Å². The van der Waals surface area contributed by atoms with Crippen LogP contribution in [0.25, 0.3) is 11.0 Å². The van der Waals surface area contributed by atoms with Crippen molar-refractivity contribution < 1.29 is 0 Å². The summed E-state index contributed by atoms with van der Waals surface area (Å²) in [7, 11) is 0. The molecule has 0 spiro atoms. The van der Waals surface area contributed by atoms with Gasteiger partial charge in [-0.15, -0.1) is 0 Å². The molecule has 2 aromatic rings. The van der Waals surface area contributed by atoms with E-state index in [0.29, 0.717) is 6.04 Å². The van der Waals surface area contributed by atoms with Crippen molar-refractivity contribution in [3.63, 3.8) is 0 Å². The number of rotatable bonds is 2. The van der Waals surface area contributed by atoms with Gasteiger partial charge in [-0.3, -0.25) is 4.90 Å².